The van der Waals surface area contributed by atoms with Gasteiger partial charge in [-0.1, -0.05) is 24.3 Å². The summed E-state index contributed by atoms with van der Waals surface area (Å²) in [5.74, 6) is 0. The van der Waals surface area contributed by atoms with Gasteiger partial charge in [0, 0.05) is 6.42 Å². The van der Waals surface area contributed by atoms with Gasteiger partial charge in [0.25, 0.3) is 0 Å². The molecule has 1 N–H and O–H groups in total. The summed E-state index contributed by atoms with van der Waals surface area (Å²) >= 11 is 0. The molecule has 0 aliphatic carbocycles. The Hall–Kier alpha value is -1.15. The van der Waals surface area contributed by atoms with Crippen LogP contribution in [0.2, 0.25) is 0 Å². The maximum atomic E-state index is 10.1. The molecule has 0 amide bonds. The first-order chi connectivity index (χ1) is 5.75. The fourth-order valence-electron chi connectivity index (χ4n) is 1.18. The van der Waals surface area contributed by atoms with Gasteiger partial charge in [0.2, 0.25) is 0 Å². The van der Waals surface area contributed by atoms with Crippen molar-refractivity contribution in [3.05, 3.63) is 35.4 Å². The summed E-state index contributed by atoms with van der Waals surface area (Å²) in [6, 6.07) is 7.52. The monoisotopic (exact) mass is 164 g/mol. The Morgan fingerprint density at radius 2 is 2.17 bits per heavy atom. The van der Waals surface area contributed by atoms with Crippen LogP contribution >= 0.6 is 0 Å². The molecular weight excluding hydrogens is 152 g/mol. The average molecular weight is 164 g/mol. The van der Waals surface area contributed by atoms with E-state index in [1.54, 1.807) is 0 Å². The molecule has 1 aromatic rings. The normalized spacial score (nSPS) is 12.5. The minimum Gasteiger partial charge on any atom is -0.388 e. The van der Waals surface area contributed by atoms with Crippen molar-refractivity contribution in [3.8, 4) is 0 Å². The van der Waals surface area contributed by atoms with Gasteiger partial charge in [0.05, 0.1) is 6.10 Å². The number of hydrogen-bond acceptors (Lipinski definition) is 2. The van der Waals surface area contributed by atoms with Crippen LogP contribution in [-0.4, -0.2) is 11.4 Å². The largest absolute Gasteiger partial charge is 0.388 e. The molecule has 0 aliphatic rings. The number of aliphatic hydroxyl groups excluding tert-OH is 1. The van der Waals surface area contributed by atoms with E-state index < -0.39 is 6.10 Å². The van der Waals surface area contributed by atoms with Gasteiger partial charge in [-0.05, 0) is 18.1 Å². The molecule has 0 saturated heterocycles. The summed E-state index contributed by atoms with van der Waals surface area (Å²) in [5.41, 5.74) is 1.86. The Morgan fingerprint density at radius 1 is 1.50 bits per heavy atom. The molecule has 0 bridgehead atoms. The molecule has 0 fully saturated rings. The van der Waals surface area contributed by atoms with E-state index >= 15 is 0 Å². The van der Waals surface area contributed by atoms with Crippen molar-refractivity contribution in [1.29, 1.82) is 0 Å². The molecule has 0 aliphatic heterocycles. The third kappa shape index (κ3) is 1.92. The number of aryl methyl sites for hydroxylation is 1. The Morgan fingerprint density at radius 3 is 2.75 bits per heavy atom. The van der Waals surface area contributed by atoms with E-state index in [1.807, 2.05) is 31.2 Å². The van der Waals surface area contributed by atoms with E-state index in [0.29, 0.717) is 0 Å². The van der Waals surface area contributed by atoms with Crippen LogP contribution in [0.4, 0.5) is 0 Å². The lowest BCUT2D eigenvalue weighted by atomic mass is 10.0. The first kappa shape index (κ1) is 8.94. The predicted octanol–water partition coefficient (Wildman–Crippen LogP) is 1.62. The van der Waals surface area contributed by atoms with Crippen LogP contribution in [0, 0.1) is 6.92 Å². The van der Waals surface area contributed by atoms with E-state index in [9.17, 15) is 9.90 Å². The highest BCUT2D eigenvalue weighted by molar-refractivity contribution is 5.51. The van der Waals surface area contributed by atoms with Crippen molar-refractivity contribution in [2.24, 2.45) is 0 Å². The van der Waals surface area contributed by atoms with Crippen LogP contribution < -0.4 is 0 Å². The van der Waals surface area contributed by atoms with Crippen LogP contribution in [0.5, 0.6) is 0 Å². The van der Waals surface area contributed by atoms with E-state index in [1.165, 1.54) is 0 Å². The third-order valence-electron chi connectivity index (χ3n) is 1.87. The van der Waals surface area contributed by atoms with Crippen LogP contribution in [0.3, 0.4) is 0 Å². The molecular formula is C10H12O2. The summed E-state index contributed by atoms with van der Waals surface area (Å²) in [5, 5.41) is 9.47. The minimum absolute atomic E-state index is 0.171. The highest BCUT2D eigenvalue weighted by atomic mass is 16.3. The van der Waals surface area contributed by atoms with E-state index in [2.05, 4.69) is 0 Å². The van der Waals surface area contributed by atoms with Crippen molar-refractivity contribution >= 4 is 6.29 Å². The molecule has 64 valence electrons. The Labute approximate surface area is 71.8 Å². The van der Waals surface area contributed by atoms with Crippen LogP contribution in [0.1, 0.15) is 23.7 Å². The average Bonchev–Trinajstić information content (AvgIpc) is 2.05. The lowest BCUT2D eigenvalue weighted by molar-refractivity contribution is -0.109. The minimum atomic E-state index is -0.649. The SMILES string of the molecule is Cc1ccccc1C(O)CC=O. The van der Waals surface area contributed by atoms with Crippen molar-refractivity contribution in [1.82, 2.24) is 0 Å². The lowest BCUT2D eigenvalue weighted by Gasteiger charge is -2.09. The smallest absolute Gasteiger partial charge is 0.122 e. The number of hydrogen-bond donors (Lipinski definition) is 1. The van der Waals surface area contributed by atoms with Gasteiger partial charge in [-0.2, -0.15) is 0 Å². The number of aliphatic hydroxyl groups is 1. The molecule has 1 aromatic carbocycles. The second-order valence-electron chi connectivity index (χ2n) is 2.77. The second-order valence-corrected chi connectivity index (χ2v) is 2.77. The van der Waals surface area contributed by atoms with Gasteiger partial charge in [0.15, 0.2) is 0 Å². The van der Waals surface area contributed by atoms with Crippen molar-refractivity contribution in [2.75, 3.05) is 0 Å². The summed E-state index contributed by atoms with van der Waals surface area (Å²) in [7, 11) is 0. The number of benzene rings is 1. The summed E-state index contributed by atoms with van der Waals surface area (Å²) < 4.78 is 0. The molecule has 0 aromatic heterocycles. The van der Waals surface area contributed by atoms with Crippen molar-refractivity contribution in [2.45, 2.75) is 19.4 Å². The Balaban J connectivity index is 2.86. The number of carbonyl (C=O) groups is 1. The van der Waals surface area contributed by atoms with Crippen LogP contribution in [-0.2, 0) is 4.79 Å². The topological polar surface area (TPSA) is 37.3 Å². The quantitative estimate of drug-likeness (QED) is 0.689. The number of rotatable bonds is 3. The van der Waals surface area contributed by atoms with Crippen LogP contribution in [0.25, 0.3) is 0 Å². The molecule has 0 saturated carbocycles. The van der Waals surface area contributed by atoms with E-state index in [-0.39, 0.29) is 6.42 Å². The highest BCUT2D eigenvalue weighted by Crippen LogP contribution is 2.18. The molecule has 12 heavy (non-hydrogen) atoms. The fraction of sp³-hybridized carbons (Fsp3) is 0.300. The lowest BCUT2D eigenvalue weighted by Crippen LogP contribution is -1.99. The summed E-state index contributed by atoms with van der Waals surface area (Å²) in [4.78, 5) is 10.1. The number of carbonyl (C=O) groups excluding carboxylic acids is 1. The van der Waals surface area contributed by atoms with E-state index in [4.69, 9.17) is 0 Å². The number of aldehydes is 1. The molecule has 2 heteroatoms. The molecule has 0 heterocycles. The van der Waals surface area contributed by atoms with E-state index in [0.717, 1.165) is 17.4 Å². The predicted molar refractivity (Wildman–Crippen MR) is 46.8 cm³/mol. The second kappa shape index (κ2) is 4.02. The van der Waals surface area contributed by atoms with Gasteiger partial charge in [-0.25, -0.2) is 0 Å². The molecule has 1 rings (SSSR count). The standard InChI is InChI=1S/C10H12O2/c1-8-4-2-3-5-9(8)10(12)6-7-11/h2-5,7,10,12H,6H2,1H3. The maximum absolute atomic E-state index is 10.1. The molecule has 0 spiro atoms. The first-order valence-corrected chi connectivity index (χ1v) is 3.93. The van der Waals surface area contributed by atoms with Gasteiger partial charge >= 0.3 is 0 Å². The van der Waals surface area contributed by atoms with Gasteiger partial charge < -0.3 is 9.90 Å². The highest BCUT2D eigenvalue weighted by Gasteiger charge is 2.07. The zero-order valence-corrected chi connectivity index (χ0v) is 7.03. The Kier molecular flexibility index (Phi) is 3.00. The van der Waals surface area contributed by atoms with Gasteiger partial charge in [-0.15, -0.1) is 0 Å². The fourth-order valence-corrected chi connectivity index (χ4v) is 1.18. The van der Waals surface area contributed by atoms with Crippen LogP contribution in [0.15, 0.2) is 24.3 Å². The van der Waals surface area contributed by atoms with Gasteiger partial charge in [-0.3, -0.25) is 0 Å². The summed E-state index contributed by atoms with van der Waals surface area (Å²) in [6.45, 7) is 1.92. The zero-order chi connectivity index (χ0) is 8.97. The van der Waals surface area contributed by atoms with Crippen molar-refractivity contribution < 1.29 is 9.90 Å². The van der Waals surface area contributed by atoms with Gasteiger partial charge in [0.1, 0.15) is 6.29 Å². The Bertz CT molecular complexity index is 268. The first-order valence-electron chi connectivity index (χ1n) is 3.93. The molecule has 2 nitrogen and oxygen atoms in total. The maximum Gasteiger partial charge on any atom is 0.122 e. The molecule has 0 radical (unpaired) electrons. The molecule has 1 atom stereocenters. The molecule has 1 unspecified atom stereocenters. The zero-order valence-electron chi connectivity index (χ0n) is 7.03. The van der Waals surface area contributed by atoms with Crippen molar-refractivity contribution in [3.63, 3.8) is 0 Å². The third-order valence-corrected chi connectivity index (χ3v) is 1.87. The summed E-state index contributed by atoms with van der Waals surface area (Å²) in [6.07, 6.45) is 0.255.